The van der Waals surface area contributed by atoms with Gasteiger partial charge in [0.25, 0.3) is 0 Å². The maximum Gasteiger partial charge on any atom is 0.244 e. The quantitative estimate of drug-likeness (QED) is 0.294. The number of hydrogen-bond acceptors (Lipinski definition) is 4. The maximum atomic E-state index is 14.0. The fraction of sp³-hybridized carbons (Fsp3) is 0.310. The van der Waals surface area contributed by atoms with Crippen molar-refractivity contribution in [2.45, 2.75) is 32.9 Å². The Morgan fingerprint density at radius 1 is 0.923 bits per heavy atom. The molecule has 208 valence electrons. The Balaban J connectivity index is 2.03. The normalized spacial score (nSPS) is 12.2. The van der Waals surface area contributed by atoms with Crippen LogP contribution >= 0.6 is 27.5 Å². The van der Waals surface area contributed by atoms with Gasteiger partial charge in [-0.25, -0.2) is 8.42 Å². The van der Waals surface area contributed by atoms with Crippen molar-refractivity contribution in [3.63, 3.8) is 0 Å². The van der Waals surface area contributed by atoms with E-state index in [2.05, 4.69) is 21.2 Å². The van der Waals surface area contributed by atoms with Crippen molar-refractivity contribution < 1.29 is 18.0 Å². The second-order valence-electron chi connectivity index (χ2n) is 9.74. The summed E-state index contributed by atoms with van der Waals surface area (Å²) in [5.41, 5.74) is 1.99. The molecular weight excluding hydrogens is 602 g/mol. The van der Waals surface area contributed by atoms with Gasteiger partial charge in [0.15, 0.2) is 0 Å². The van der Waals surface area contributed by atoms with Crippen molar-refractivity contribution in [3.8, 4) is 0 Å². The lowest BCUT2D eigenvalue weighted by Crippen LogP contribution is -2.53. The van der Waals surface area contributed by atoms with Crippen LogP contribution in [-0.4, -0.2) is 50.5 Å². The van der Waals surface area contributed by atoms with Crippen LogP contribution in [0.2, 0.25) is 5.02 Å². The van der Waals surface area contributed by atoms with Crippen molar-refractivity contribution in [2.24, 2.45) is 5.92 Å². The predicted molar refractivity (Wildman–Crippen MR) is 160 cm³/mol. The smallest absolute Gasteiger partial charge is 0.244 e. The monoisotopic (exact) mass is 633 g/mol. The zero-order chi connectivity index (χ0) is 28.6. The van der Waals surface area contributed by atoms with Gasteiger partial charge in [0.1, 0.15) is 12.6 Å². The Hall–Kier alpha value is -2.88. The predicted octanol–water partition coefficient (Wildman–Crippen LogP) is 5.28. The number of halogens is 2. The second kappa shape index (κ2) is 14.0. The molecule has 0 aliphatic heterocycles. The van der Waals surface area contributed by atoms with Gasteiger partial charge in [-0.05, 0) is 53.4 Å². The Labute approximate surface area is 244 Å². The summed E-state index contributed by atoms with van der Waals surface area (Å²) >= 11 is 9.43. The molecule has 3 aromatic rings. The average Bonchev–Trinajstić information content (AvgIpc) is 2.89. The molecule has 0 aliphatic carbocycles. The van der Waals surface area contributed by atoms with Crippen LogP contribution in [0.15, 0.2) is 83.3 Å². The van der Waals surface area contributed by atoms with Gasteiger partial charge in [-0.1, -0.05) is 83.8 Å². The van der Waals surface area contributed by atoms with Crippen LogP contribution < -0.4 is 9.62 Å². The molecule has 3 rings (SSSR count). The van der Waals surface area contributed by atoms with E-state index < -0.39 is 28.5 Å². The maximum absolute atomic E-state index is 14.0. The SMILES string of the molecule is CC(C)CNC(=O)[C@@H](Cc1ccccc1)N(Cc1ccc(Cl)cc1)C(=O)CN(c1ccc(Br)cc1)S(C)(=O)=O. The number of benzene rings is 3. The third kappa shape index (κ3) is 9.37. The van der Waals surface area contributed by atoms with Gasteiger partial charge in [-0.15, -0.1) is 0 Å². The van der Waals surface area contributed by atoms with Crippen LogP contribution in [0.3, 0.4) is 0 Å². The highest BCUT2D eigenvalue weighted by molar-refractivity contribution is 9.10. The van der Waals surface area contributed by atoms with Crippen LogP contribution in [0.1, 0.15) is 25.0 Å². The number of carbonyl (C=O) groups excluding carboxylic acids is 2. The topological polar surface area (TPSA) is 86.8 Å². The molecule has 1 N–H and O–H groups in total. The number of nitrogens with one attached hydrogen (secondary N) is 1. The molecule has 0 saturated heterocycles. The fourth-order valence-corrected chi connectivity index (χ4v) is 5.22. The van der Waals surface area contributed by atoms with Gasteiger partial charge < -0.3 is 10.2 Å². The first kappa shape index (κ1) is 30.7. The molecule has 0 aliphatic rings. The third-order valence-corrected chi connectivity index (χ3v) is 7.94. The van der Waals surface area contributed by atoms with Crippen molar-refractivity contribution in [1.82, 2.24) is 10.2 Å². The summed E-state index contributed by atoms with van der Waals surface area (Å²) in [5.74, 6) is -0.590. The van der Waals surface area contributed by atoms with Gasteiger partial charge in [0.05, 0.1) is 11.9 Å². The minimum Gasteiger partial charge on any atom is -0.354 e. The molecule has 0 aromatic heterocycles. The van der Waals surface area contributed by atoms with E-state index in [0.29, 0.717) is 17.3 Å². The van der Waals surface area contributed by atoms with Gasteiger partial charge in [-0.3, -0.25) is 13.9 Å². The summed E-state index contributed by atoms with van der Waals surface area (Å²) in [4.78, 5) is 29.0. The molecule has 0 radical (unpaired) electrons. The molecule has 2 amide bonds. The number of hydrogen-bond donors (Lipinski definition) is 1. The molecule has 0 unspecified atom stereocenters. The van der Waals surface area contributed by atoms with Crippen molar-refractivity contribution in [1.29, 1.82) is 0 Å². The average molecular weight is 635 g/mol. The van der Waals surface area contributed by atoms with E-state index in [9.17, 15) is 18.0 Å². The standard InChI is InChI=1S/C29H33BrClN3O4S/c1-21(2)18-32-29(36)27(17-22-7-5-4-6-8-22)33(19-23-9-13-25(31)14-10-23)28(35)20-34(39(3,37)38)26-15-11-24(30)12-16-26/h4-16,21,27H,17-20H2,1-3H3,(H,32,36)/t27-/m1/s1. The molecule has 39 heavy (non-hydrogen) atoms. The lowest BCUT2D eigenvalue weighted by atomic mass is 10.0. The lowest BCUT2D eigenvalue weighted by Gasteiger charge is -2.33. The van der Waals surface area contributed by atoms with E-state index >= 15 is 0 Å². The summed E-state index contributed by atoms with van der Waals surface area (Å²) in [5, 5.41) is 3.51. The van der Waals surface area contributed by atoms with Gasteiger partial charge in [0, 0.05) is 29.0 Å². The number of sulfonamides is 1. The van der Waals surface area contributed by atoms with Crippen LogP contribution in [0, 0.1) is 5.92 Å². The number of nitrogens with zero attached hydrogens (tertiary/aromatic N) is 2. The Kier molecular flexibility index (Phi) is 11.0. The zero-order valence-electron chi connectivity index (χ0n) is 22.2. The van der Waals surface area contributed by atoms with Gasteiger partial charge in [0.2, 0.25) is 21.8 Å². The van der Waals surface area contributed by atoms with Crippen LogP contribution in [0.4, 0.5) is 5.69 Å². The first-order chi connectivity index (χ1) is 18.4. The second-order valence-corrected chi connectivity index (χ2v) is 13.0. The Morgan fingerprint density at radius 3 is 2.10 bits per heavy atom. The van der Waals surface area contributed by atoms with E-state index in [1.807, 2.05) is 44.2 Å². The summed E-state index contributed by atoms with van der Waals surface area (Å²) < 4.78 is 27.4. The fourth-order valence-electron chi connectivity index (χ4n) is 3.98. The van der Waals surface area contributed by atoms with Crippen LogP contribution in [0.25, 0.3) is 0 Å². The number of carbonyl (C=O) groups is 2. The molecule has 3 aromatic carbocycles. The number of amides is 2. The molecule has 0 heterocycles. The zero-order valence-corrected chi connectivity index (χ0v) is 25.3. The minimum atomic E-state index is -3.81. The first-order valence-corrected chi connectivity index (χ1v) is 15.5. The summed E-state index contributed by atoms with van der Waals surface area (Å²) in [6.07, 6.45) is 1.32. The molecule has 0 spiro atoms. The highest BCUT2D eigenvalue weighted by Crippen LogP contribution is 2.23. The molecule has 0 bridgehead atoms. The highest BCUT2D eigenvalue weighted by Gasteiger charge is 2.33. The molecule has 7 nitrogen and oxygen atoms in total. The largest absolute Gasteiger partial charge is 0.354 e. The highest BCUT2D eigenvalue weighted by atomic mass is 79.9. The Morgan fingerprint density at radius 2 is 1.54 bits per heavy atom. The van der Waals surface area contributed by atoms with Crippen molar-refractivity contribution in [3.05, 3.63) is 99.5 Å². The summed E-state index contributed by atoms with van der Waals surface area (Å²) in [7, 11) is -3.81. The van der Waals surface area contributed by atoms with Gasteiger partial charge >= 0.3 is 0 Å². The third-order valence-electron chi connectivity index (χ3n) is 6.02. The molecular formula is C29H33BrClN3O4S. The molecule has 0 saturated carbocycles. The first-order valence-electron chi connectivity index (χ1n) is 12.5. The number of rotatable bonds is 12. The van der Waals surface area contributed by atoms with E-state index in [0.717, 1.165) is 26.2 Å². The van der Waals surface area contributed by atoms with Crippen molar-refractivity contribution >= 4 is 55.1 Å². The molecule has 0 fully saturated rings. The van der Waals surface area contributed by atoms with E-state index in [4.69, 9.17) is 11.6 Å². The molecule has 1 atom stereocenters. The van der Waals surface area contributed by atoms with E-state index in [1.54, 1.807) is 48.5 Å². The Bertz CT molecular complexity index is 1350. The van der Waals surface area contributed by atoms with Crippen LogP contribution in [0.5, 0.6) is 0 Å². The summed E-state index contributed by atoms with van der Waals surface area (Å²) in [6, 6.07) is 22.2. The molecule has 10 heteroatoms. The minimum absolute atomic E-state index is 0.0978. The van der Waals surface area contributed by atoms with E-state index in [-0.39, 0.29) is 24.8 Å². The van der Waals surface area contributed by atoms with E-state index in [1.165, 1.54) is 4.90 Å². The number of anilines is 1. The lowest BCUT2D eigenvalue weighted by molar-refractivity contribution is -0.140. The van der Waals surface area contributed by atoms with Crippen molar-refractivity contribution in [2.75, 3.05) is 23.7 Å². The summed E-state index contributed by atoms with van der Waals surface area (Å²) in [6.45, 7) is 4.06. The van der Waals surface area contributed by atoms with Gasteiger partial charge in [-0.2, -0.15) is 0 Å². The van der Waals surface area contributed by atoms with Crippen LogP contribution in [-0.2, 0) is 32.6 Å².